The van der Waals surface area contributed by atoms with Gasteiger partial charge in [-0.2, -0.15) is 15.3 Å². The van der Waals surface area contributed by atoms with Crippen molar-refractivity contribution in [2.24, 2.45) is 15.3 Å². The molecule has 27 nitrogen and oxygen atoms in total. The smallest absolute Gasteiger partial charge is 0.410 e. The Balaban J connectivity index is 0.000000151. The summed E-state index contributed by atoms with van der Waals surface area (Å²) in [6.07, 6.45) is 1.47. The highest BCUT2D eigenvalue weighted by Gasteiger charge is 2.44. The largest absolute Gasteiger partial charge is 0.483 e. The molecule has 3 fully saturated rings. The second kappa shape index (κ2) is 25.2. The van der Waals surface area contributed by atoms with Gasteiger partial charge in [-0.15, -0.1) is 0 Å². The number of amides is 6. The van der Waals surface area contributed by atoms with Crippen LogP contribution in [0.15, 0.2) is 66.7 Å². The number of ether oxygens (including phenoxy) is 6. The summed E-state index contributed by atoms with van der Waals surface area (Å²) in [6.45, 7) is 32.9. The van der Waals surface area contributed by atoms with Crippen LogP contribution in [0.25, 0.3) is 0 Å². The van der Waals surface area contributed by atoms with E-state index in [9.17, 15) is 28.8 Å². The number of fused-ring (bicyclic) bond motifs is 9. The average Bonchev–Trinajstić information content (AvgIpc) is 1.02. The molecule has 0 radical (unpaired) electrons. The molecular weight excluding hydrogens is 1320 g/mol. The maximum absolute atomic E-state index is 12.5. The number of anilines is 6. The van der Waals surface area contributed by atoms with Crippen molar-refractivity contribution in [1.82, 2.24) is 31.0 Å². The van der Waals surface area contributed by atoms with Gasteiger partial charge in [-0.25, -0.2) is 30.7 Å². The van der Waals surface area contributed by atoms with Crippen molar-refractivity contribution in [3.05, 3.63) is 51.4 Å². The quantitative estimate of drug-likeness (QED) is 0.125. The van der Waals surface area contributed by atoms with E-state index in [0.717, 1.165) is 62.3 Å². The van der Waals surface area contributed by atoms with E-state index in [0.29, 0.717) is 93.8 Å². The molecule has 9 heterocycles. The van der Waals surface area contributed by atoms with Crippen LogP contribution in [-0.2, 0) is 28.6 Å². The number of hydrogen-bond acceptors (Lipinski definition) is 21. The van der Waals surface area contributed by atoms with Crippen LogP contribution >= 0.6 is 31.9 Å². The number of halogens is 2. The second-order valence-corrected chi connectivity index (χ2v) is 30.0. The van der Waals surface area contributed by atoms with Crippen LogP contribution in [0.5, 0.6) is 17.2 Å². The molecule has 6 atom stereocenters. The van der Waals surface area contributed by atoms with E-state index in [1.54, 1.807) is 14.7 Å². The maximum Gasteiger partial charge on any atom is 0.410 e. The van der Waals surface area contributed by atoms with Gasteiger partial charge in [-0.05, 0) is 197 Å². The van der Waals surface area contributed by atoms with Crippen LogP contribution in [0, 0.1) is 0 Å². The van der Waals surface area contributed by atoms with Gasteiger partial charge in [0.25, 0.3) is 17.7 Å². The molecule has 12 rings (SSSR count). The van der Waals surface area contributed by atoms with E-state index in [4.69, 9.17) is 28.4 Å². The predicted molar refractivity (Wildman–Crippen MR) is 357 cm³/mol. The number of hydrogen-bond donors (Lipinski definition) is 6. The predicted octanol–water partition coefficient (Wildman–Crippen LogP) is 9.11. The summed E-state index contributed by atoms with van der Waals surface area (Å²) in [5.41, 5.74) is 10.1. The molecule has 6 amide bonds. The molecule has 0 spiro atoms. The summed E-state index contributed by atoms with van der Waals surface area (Å²) >= 11 is 7.26. The van der Waals surface area contributed by atoms with Crippen LogP contribution in [-0.4, -0.2) is 179 Å². The van der Waals surface area contributed by atoms with Gasteiger partial charge >= 0.3 is 18.3 Å². The number of amidine groups is 3. The number of likely N-dealkylation sites (tertiary alicyclic amines) is 3. The number of carbonyl (C=O) groups excluding carboxylic acids is 6. The highest BCUT2D eigenvalue weighted by Crippen LogP contribution is 2.45. The van der Waals surface area contributed by atoms with Gasteiger partial charge in [0.1, 0.15) is 72.0 Å². The van der Waals surface area contributed by atoms with Gasteiger partial charge in [0, 0.05) is 53.9 Å². The fourth-order valence-electron chi connectivity index (χ4n) is 12.0. The highest BCUT2D eigenvalue weighted by atomic mass is 79.9. The molecule has 0 bridgehead atoms. The minimum absolute atomic E-state index is 0.152. The number of nitrogens with one attached hydrogen (secondary N) is 6. The van der Waals surface area contributed by atoms with Crippen molar-refractivity contribution >= 4 is 119 Å². The number of carbonyl (C=O) groups is 6. The number of nitrogens with zero attached hydrogens (tertiary/aromatic N) is 9. The average molecular weight is 1400 g/mol. The monoisotopic (exact) mass is 1400 g/mol. The first-order valence-corrected chi connectivity index (χ1v) is 32.5. The second-order valence-electron chi connectivity index (χ2n) is 28.3. The van der Waals surface area contributed by atoms with E-state index in [2.05, 4.69) is 100 Å². The molecule has 0 aliphatic carbocycles. The summed E-state index contributed by atoms with van der Waals surface area (Å²) < 4.78 is 35.7. The zero-order chi connectivity index (χ0) is 66.8. The number of benzene rings is 3. The standard InChI is InChI=1S/2C21H28BrN5O4.C21H29N5O4/c2*1-12-18(28)25-24-17-10-30-16-8-13(22)14(9-15(16)27(12)17)23-21(5)6-7-26(11-21)19(29)31-20(2,3)4;1-13-18(27)24-23-17-11-29-16-7-6-14(10-15(16)26(13)17)22-21(5)8-9-25(12-21)19(28)30-20(2,3)4/h2*8-9,12,23H,6-7,10-11H2,1-5H3,(H,25,28);6-7,10,13,22H,8-9,11-12H2,1-5H3,(H,24,27)/t12-,21+;12-,21-;13?,21-/m100/s1. The summed E-state index contributed by atoms with van der Waals surface area (Å²) in [5.74, 6) is 3.61. The van der Waals surface area contributed by atoms with Gasteiger partial charge < -0.3 is 73.8 Å². The molecule has 6 N–H and O–H groups in total. The summed E-state index contributed by atoms with van der Waals surface area (Å²) in [5, 5.41) is 23.1. The molecule has 0 aromatic heterocycles. The summed E-state index contributed by atoms with van der Waals surface area (Å²) in [4.78, 5) is 84.7. The molecule has 9 aliphatic rings. The lowest BCUT2D eigenvalue weighted by Gasteiger charge is -2.38. The normalized spacial score (nSPS) is 25.3. The van der Waals surface area contributed by atoms with Gasteiger partial charge in [0.15, 0.2) is 17.5 Å². The van der Waals surface area contributed by atoms with Gasteiger partial charge in [-0.3, -0.25) is 14.4 Å². The number of hydrazone groups is 3. The van der Waals surface area contributed by atoms with Crippen molar-refractivity contribution < 1.29 is 57.2 Å². The Labute approximate surface area is 553 Å². The lowest BCUT2D eigenvalue weighted by Crippen LogP contribution is -2.55. The first kappa shape index (κ1) is 67.0. The fraction of sp³-hybridized carbons (Fsp3) is 0.571. The topological polar surface area (TPSA) is 286 Å². The third-order valence-corrected chi connectivity index (χ3v) is 17.9. The lowest BCUT2D eigenvalue weighted by atomic mass is 10.0. The molecule has 1 unspecified atom stereocenters. The van der Waals surface area contributed by atoms with Crippen molar-refractivity contribution in [2.45, 2.75) is 175 Å². The molecule has 3 saturated heterocycles. The van der Waals surface area contributed by atoms with Gasteiger partial charge in [0.2, 0.25) is 0 Å². The molecule has 92 heavy (non-hydrogen) atoms. The Morgan fingerprint density at radius 2 is 0.815 bits per heavy atom. The van der Waals surface area contributed by atoms with Crippen LogP contribution in [0.3, 0.4) is 0 Å². The maximum atomic E-state index is 12.5. The van der Waals surface area contributed by atoms with E-state index in [1.165, 1.54) is 0 Å². The minimum atomic E-state index is -0.526. The third kappa shape index (κ3) is 14.9. The van der Waals surface area contributed by atoms with Crippen molar-refractivity contribution in [1.29, 1.82) is 0 Å². The third-order valence-electron chi connectivity index (χ3n) is 16.6. The van der Waals surface area contributed by atoms with Crippen molar-refractivity contribution in [3.8, 4) is 17.2 Å². The van der Waals surface area contributed by atoms with E-state index >= 15 is 0 Å². The van der Waals surface area contributed by atoms with Crippen molar-refractivity contribution in [2.75, 3.05) is 89.7 Å². The Morgan fingerprint density at radius 1 is 0.500 bits per heavy atom. The SMILES string of the molecule is CC1C(=O)NN=C2COc3ccc(N[C@@]4(C)CCN(C(=O)OC(C)(C)C)C4)cc3N21.C[C@@H]1C(=O)NN=C2COc3cc(Br)c(N[C@@]4(C)CCN(C(=O)OC(C)(C)C)C4)cc3N21.C[C@H]1C(=O)NN=C2COc3cc(Br)c(N[C@@]4(C)CCN(C(=O)OC(C)(C)C)C4)cc3N21. The van der Waals surface area contributed by atoms with Crippen LogP contribution in [0.1, 0.15) is 123 Å². The molecule has 3 aromatic carbocycles. The molecule has 0 saturated carbocycles. The van der Waals surface area contributed by atoms with Crippen LogP contribution < -0.4 is 61.1 Å². The summed E-state index contributed by atoms with van der Waals surface area (Å²) in [7, 11) is 0. The molecule has 3 aromatic rings. The summed E-state index contributed by atoms with van der Waals surface area (Å²) in [6, 6.07) is 12.4. The van der Waals surface area contributed by atoms with Crippen LogP contribution in [0.4, 0.5) is 48.5 Å². The first-order chi connectivity index (χ1) is 43.0. The molecule has 29 heteroatoms. The number of rotatable bonds is 6. The molecule has 9 aliphatic heterocycles. The zero-order valence-electron chi connectivity index (χ0n) is 54.9. The van der Waals surface area contributed by atoms with E-state index in [-0.39, 0.29) is 58.7 Å². The Hall–Kier alpha value is -7.95. The van der Waals surface area contributed by atoms with Gasteiger partial charge in [0.05, 0.1) is 45.1 Å². The Kier molecular flexibility index (Phi) is 18.3. The Morgan fingerprint density at radius 3 is 1.15 bits per heavy atom. The van der Waals surface area contributed by atoms with E-state index < -0.39 is 28.9 Å². The fourth-order valence-corrected chi connectivity index (χ4v) is 12.9. The van der Waals surface area contributed by atoms with Gasteiger partial charge in [-0.1, -0.05) is 0 Å². The van der Waals surface area contributed by atoms with Crippen molar-refractivity contribution in [3.63, 3.8) is 0 Å². The van der Waals surface area contributed by atoms with Crippen LogP contribution in [0.2, 0.25) is 0 Å². The zero-order valence-corrected chi connectivity index (χ0v) is 58.1. The molecule has 498 valence electrons. The van der Waals surface area contributed by atoms with E-state index in [1.807, 2.05) is 140 Å². The lowest BCUT2D eigenvalue weighted by molar-refractivity contribution is -0.123. The highest BCUT2D eigenvalue weighted by molar-refractivity contribution is 9.11. The molecular formula is C63H85Br2N15O12. The first-order valence-electron chi connectivity index (χ1n) is 30.9. The minimum Gasteiger partial charge on any atom is -0.483 e. The Bertz CT molecular complexity index is 3400.